The zero-order valence-corrected chi connectivity index (χ0v) is 27.2. The van der Waals surface area contributed by atoms with Gasteiger partial charge >= 0.3 is 5.97 Å². The zero-order valence-electron chi connectivity index (χ0n) is 27.2. The predicted molar refractivity (Wildman–Crippen MR) is 178 cm³/mol. The number of carboxylic acid groups (broad SMARTS) is 1. The van der Waals surface area contributed by atoms with Crippen LogP contribution in [0.1, 0.15) is 75.2 Å². The van der Waals surface area contributed by atoms with E-state index in [9.17, 15) is 14.7 Å². The number of pyridine rings is 1. The monoisotopic (exact) mass is 613 g/mol. The summed E-state index contributed by atoms with van der Waals surface area (Å²) in [6.45, 7) is 11.3. The topological polar surface area (TPSA) is 92.2 Å². The molecule has 8 nitrogen and oxygen atoms in total. The first-order chi connectivity index (χ1) is 21.5. The molecule has 2 aliphatic rings. The van der Waals surface area contributed by atoms with Gasteiger partial charge in [-0.05, 0) is 90.3 Å². The lowest BCUT2D eigenvalue weighted by Gasteiger charge is -2.39. The van der Waals surface area contributed by atoms with E-state index in [1.165, 1.54) is 0 Å². The summed E-state index contributed by atoms with van der Waals surface area (Å²) in [6.07, 6.45) is 4.99. The number of methoxy groups -OCH3 is 1. The van der Waals surface area contributed by atoms with E-state index in [0.29, 0.717) is 48.0 Å². The van der Waals surface area contributed by atoms with E-state index in [1.807, 2.05) is 60.7 Å². The number of hydrogen-bond acceptors (Lipinski definition) is 6. The van der Waals surface area contributed by atoms with Crippen LogP contribution < -0.4 is 19.3 Å². The first-order valence-corrected chi connectivity index (χ1v) is 16.1. The molecule has 8 heteroatoms. The number of carbonyl (C=O) groups is 2. The Balaban J connectivity index is 1.30. The van der Waals surface area contributed by atoms with Gasteiger partial charge in [-0.25, -0.2) is 4.98 Å². The van der Waals surface area contributed by atoms with E-state index in [-0.39, 0.29) is 23.7 Å². The van der Waals surface area contributed by atoms with E-state index in [2.05, 4.69) is 37.6 Å². The molecule has 1 aliphatic heterocycles. The van der Waals surface area contributed by atoms with Gasteiger partial charge in [0.1, 0.15) is 17.3 Å². The zero-order chi connectivity index (χ0) is 32.1. The van der Waals surface area contributed by atoms with Gasteiger partial charge in [0.2, 0.25) is 0 Å². The maximum Gasteiger partial charge on any atom is 0.303 e. The quantitative estimate of drug-likeness (QED) is 0.229. The van der Waals surface area contributed by atoms with Crippen LogP contribution in [0.2, 0.25) is 0 Å². The van der Waals surface area contributed by atoms with Gasteiger partial charge < -0.3 is 19.5 Å². The highest BCUT2D eigenvalue weighted by atomic mass is 16.5. The molecule has 2 heterocycles. The number of aliphatic carboxylic acids is 1. The molecule has 0 radical (unpaired) electrons. The van der Waals surface area contributed by atoms with Crippen LogP contribution >= 0.6 is 0 Å². The largest absolute Gasteiger partial charge is 0.497 e. The molecule has 2 aromatic carbocycles. The van der Waals surface area contributed by atoms with Gasteiger partial charge in [-0.3, -0.25) is 14.5 Å². The smallest absolute Gasteiger partial charge is 0.303 e. The Kier molecular flexibility index (Phi) is 10.0. The van der Waals surface area contributed by atoms with E-state index in [4.69, 9.17) is 9.47 Å². The number of rotatable bonds is 12. The molecule has 1 saturated carbocycles. The highest BCUT2D eigenvalue weighted by molar-refractivity contribution is 6.09. The average Bonchev–Trinajstić information content (AvgIpc) is 3.87. The van der Waals surface area contributed by atoms with Crippen LogP contribution in [-0.4, -0.2) is 55.3 Å². The summed E-state index contributed by atoms with van der Waals surface area (Å²) in [5, 5.41) is 9.43. The Morgan fingerprint density at radius 3 is 2.49 bits per heavy atom. The molecule has 3 aromatic rings. The number of carbonyl (C=O) groups excluding carboxylic acids is 1. The standard InChI is InChI=1S/C37H47N3O5/c1-25-22-39(18-16-28(25)23-45-30-10-8-9-27(19-30)32(21-35(41)42)26-12-13-26)33-20-29(44-5)14-15-31(33)36(43)40(24-37(2,3)4)34-11-6-7-17-38-34/h6-11,14-15,17,19-20,25-26,28,32H,12-13,16,18,21-24H2,1-5H3,(H,41,42)/t25-,28+,32?/m0/s1. The van der Waals surface area contributed by atoms with Crippen molar-refractivity contribution in [3.8, 4) is 11.5 Å². The van der Waals surface area contributed by atoms with Crippen LogP contribution in [0.25, 0.3) is 0 Å². The third kappa shape index (κ3) is 8.35. The molecule has 3 atom stereocenters. The molecule has 45 heavy (non-hydrogen) atoms. The first kappa shape index (κ1) is 32.3. The fourth-order valence-corrected chi connectivity index (χ4v) is 6.41. The Morgan fingerprint density at radius 1 is 1.04 bits per heavy atom. The predicted octanol–water partition coefficient (Wildman–Crippen LogP) is 7.29. The minimum absolute atomic E-state index is 0.0463. The van der Waals surface area contributed by atoms with E-state index >= 15 is 0 Å². The van der Waals surface area contributed by atoms with Crippen molar-refractivity contribution < 1.29 is 24.2 Å². The number of amides is 1. The second kappa shape index (κ2) is 13.9. The fraction of sp³-hybridized carbons (Fsp3) is 0.486. The van der Waals surface area contributed by atoms with E-state index in [1.54, 1.807) is 18.2 Å². The molecule has 1 amide bonds. The maximum absolute atomic E-state index is 14.2. The third-order valence-corrected chi connectivity index (χ3v) is 9.00. The molecule has 5 rings (SSSR count). The number of aromatic nitrogens is 1. The maximum atomic E-state index is 14.2. The van der Waals surface area contributed by atoms with Crippen molar-refractivity contribution in [3.05, 3.63) is 78.0 Å². The Bertz CT molecular complexity index is 1470. The Hall–Kier alpha value is -4.07. The highest BCUT2D eigenvalue weighted by Crippen LogP contribution is 2.45. The average molecular weight is 614 g/mol. The molecule has 1 aromatic heterocycles. The molecule has 1 N–H and O–H groups in total. The molecule has 0 bridgehead atoms. The number of nitrogens with zero attached hydrogens (tertiary/aromatic N) is 3. The summed E-state index contributed by atoms with van der Waals surface area (Å²) in [4.78, 5) is 34.3. The lowest BCUT2D eigenvalue weighted by atomic mass is 9.87. The van der Waals surface area contributed by atoms with Crippen LogP contribution in [0.5, 0.6) is 11.5 Å². The molecule has 240 valence electrons. The number of piperidine rings is 1. The van der Waals surface area contributed by atoms with Gasteiger partial charge in [0.15, 0.2) is 0 Å². The van der Waals surface area contributed by atoms with Gasteiger partial charge in [0.05, 0.1) is 31.4 Å². The summed E-state index contributed by atoms with van der Waals surface area (Å²) >= 11 is 0. The van der Waals surface area contributed by atoms with Crippen molar-refractivity contribution in [2.75, 3.05) is 43.2 Å². The van der Waals surface area contributed by atoms with Crippen molar-refractivity contribution >= 4 is 23.4 Å². The fourth-order valence-electron chi connectivity index (χ4n) is 6.41. The SMILES string of the molecule is COc1ccc(C(=O)N(CC(C)(C)C)c2ccccn2)c(N2CC[C@H](COc3cccc(C(CC(=O)O)C4CC4)c3)[C@@H](C)C2)c1. The van der Waals surface area contributed by atoms with Gasteiger partial charge in [-0.15, -0.1) is 0 Å². The molecule has 1 saturated heterocycles. The van der Waals surface area contributed by atoms with Crippen LogP contribution in [0.15, 0.2) is 66.9 Å². The van der Waals surface area contributed by atoms with Gasteiger partial charge in [-0.1, -0.05) is 45.9 Å². The van der Waals surface area contributed by atoms with E-state index in [0.717, 1.165) is 49.4 Å². The highest BCUT2D eigenvalue weighted by Gasteiger charge is 2.34. The van der Waals surface area contributed by atoms with Gasteiger partial charge in [0, 0.05) is 31.9 Å². The van der Waals surface area contributed by atoms with Crippen molar-refractivity contribution in [2.24, 2.45) is 23.2 Å². The summed E-state index contributed by atoms with van der Waals surface area (Å²) in [6, 6.07) is 19.4. The number of carboxylic acids is 1. The molecule has 1 aliphatic carbocycles. The van der Waals surface area contributed by atoms with Crippen LogP contribution in [0, 0.1) is 23.2 Å². The van der Waals surface area contributed by atoms with Crippen LogP contribution in [0.4, 0.5) is 11.5 Å². The second-order valence-electron chi connectivity index (χ2n) is 13.9. The molecule has 2 fully saturated rings. The van der Waals surface area contributed by atoms with Gasteiger partial charge in [-0.2, -0.15) is 0 Å². The lowest BCUT2D eigenvalue weighted by molar-refractivity contribution is -0.137. The van der Waals surface area contributed by atoms with Crippen LogP contribution in [0.3, 0.4) is 0 Å². The van der Waals surface area contributed by atoms with Crippen molar-refractivity contribution in [1.82, 2.24) is 4.98 Å². The molecule has 0 spiro atoms. The van der Waals surface area contributed by atoms with Crippen LogP contribution in [-0.2, 0) is 4.79 Å². The Morgan fingerprint density at radius 2 is 1.84 bits per heavy atom. The molecular weight excluding hydrogens is 566 g/mol. The van der Waals surface area contributed by atoms with Crippen molar-refractivity contribution in [3.63, 3.8) is 0 Å². The summed E-state index contributed by atoms with van der Waals surface area (Å²) in [7, 11) is 1.65. The molecule has 1 unspecified atom stereocenters. The van der Waals surface area contributed by atoms with Crippen molar-refractivity contribution in [1.29, 1.82) is 0 Å². The number of hydrogen-bond donors (Lipinski definition) is 1. The Labute approximate surface area is 267 Å². The third-order valence-electron chi connectivity index (χ3n) is 9.00. The minimum Gasteiger partial charge on any atom is -0.497 e. The lowest BCUT2D eigenvalue weighted by Crippen LogP contribution is -2.43. The molecular formula is C37H47N3O5. The number of anilines is 2. The van der Waals surface area contributed by atoms with Gasteiger partial charge in [0.25, 0.3) is 5.91 Å². The second-order valence-corrected chi connectivity index (χ2v) is 13.9. The van der Waals surface area contributed by atoms with E-state index < -0.39 is 5.97 Å². The summed E-state index contributed by atoms with van der Waals surface area (Å²) in [5.41, 5.74) is 2.44. The summed E-state index contributed by atoms with van der Waals surface area (Å²) < 4.78 is 11.9. The number of benzene rings is 2. The summed E-state index contributed by atoms with van der Waals surface area (Å²) in [5.74, 6) is 2.49. The first-order valence-electron chi connectivity index (χ1n) is 16.1. The minimum atomic E-state index is -0.752. The normalized spacial score (nSPS) is 19.1. The number of ether oxygens (including phenoxy) is 2. The van der Waals surface area contributed by atoms with Crippen molar-refractivity contribution in [2.45, 2.75) is 59.3 Å².